The zero-order chi connectivity index (χ0) is 12.4. The highest BCUT2D eigenvalue weighted by Gasteiger charge is 2.12. The van der Waals surface area contributed by atoms with Gasteiger partial charge in [-0.1, -0.05) is 21.1 Å². The average molecular weight is 296 g/mol. The summed E-state index contributed by atoms with van der Waals surface area (Å²) in [7, 11) is 0. The first kappa shape index (κ1) is 12.1. The Morgan fingerprint density at radius 3 is 2.71 bits per heavy atom. The number of hydrogen-bond donors (Lipinski definition) is 1. The van der Waals surface area contributed by atoms with Gasteiger partial charge in [-0.2, -0.15) is 4.98 Å². The number of rotatable bonds is 3. The molecule has 1 atom stereocenters. The predicted octanol–water partition coefficient (Wildman–Crippen LogP) is 3.62. The van der Waals surface area contributed by atoms with Gasteiger partial charge in [-0.3, -0.25) is 0 Å². The van der Waals surface area contributed by atoms with Crippen molar-refractivity contribution in [2.24, 2.45) is 0 Å². The van der Waals surface area contributed by atoms with Gasteiger partial charge in [0.1, 0.15) is 6.04 Å². The molecule has 17 heavy (non-hydrogen) atoms. The van der Waals surface area contributed by atoms with E-state index >= 15 is 0 Å². The third-order valence-electron chi connectivity index (χ3n) is 2.45. The van der Waals surface area contributed by atoms with Gasteiger partial charge in [0.2, 0.25) is 5.89 Å². The van der Waals surface area contributed by atoms with Gasteiger partial charge < -0.3 is 9.84 Å². The Morgan fingerprint density at radius 1 is 1.35 bits per heavy atom. The summed E-state index contributed by atoms with van der Waals surface area (Å²) >= 11 is 3.48. The second-order valence-corrected chi connectivity index (χ2v) is 4.86. The monoisotopic (exact) mass is 295 g/mol. The number of anilines is 1. The summed E-state index contributed by atoms with van der Waals surface area (Å²) in [6.45, 7) is 5.85. The molecule has 5 heteroatoms. The summed E-state index contributed by atoms with van der Waals surface area (Å²) in [6, 6.07) is 6.10. The molecule has 0 bridgehead atoms. The van der Waals surface area contributed by atoms with Crippen molar-refractivity contribution in [1.29, 1.82) is 0 Å². The number of aromatic nitrogens is 2. The Bertz CT molecular complexity index is 524. The van der Waals surface area contributed by atoms with E-state index in [0.29, 0.717) is 11.7 Å². The molecule has 0 fully saturated rings. The first-order valence-electron chi connectivity index (χ1n) is 5.39. The molecule has 0 saturated heterocycles. The number of nitrogens with one attached hydrogen (secondary N) is 1. The molecule has 0 aliphatic carbocycles. The fourth-order valence-corrected chi connectivity index (χ4v) is 1.78. The maximum absolute atomic E-state index is 5.12. The van der Waals surface area contributed by atoms with Crippen LogP contribution in [0.15, 0.2) is 27.2 Å². The van der Waals surface area contributed by atoms with E-state index in [0.717, 1.165) is 10.2 Å². The van der Waals surface area contributed by atoms with Crippen LogP contribution in [0.25, 0.3) is 0 Å². The lowest BCUT2D eigenvalue weighted by Crippen LogP contribution is -2.07. The molecule has 0 saturated carbocycles. The molecule has 2 rings (SSSR count). The molecule has 0 amide bonds. The number of nitrogens with zero attached hydrogens (tertiary/aromatic N) is 2. The lowest BCUT2D eigenvalue weighted by Gasteiger charge is -2.12. The van der Waals surface area contributed by atoms with Crippen molar-refractivity contribution in [2.45, 2.75) is 26.8 Å². The Morgan fingerprint density at radius 2 is 2.12 bits per heavy atom. The van der Waals surface area contributed by atoms with E-state index in [1.165, 1.54) is 5.56 Å². The highest BCUT2D eigenvalue weighted by molar-refractivity contribution is 9.10. The van der Waals surface area contributed by atoms with Crippen LogP contribution >= 0.6 is 15.9 Å². The normalized spacial score (nSPS) is 12.5. The fourth-order valence-electron chi connectivity index (χ4n) is 1.54. The van der Waals surface area contributed by atoms with Gasteiger partial charge in [0, 0.05) is 10.2 Å². The van der Waals surface area contributed by atoms with Crippen molar-refractivity contribution < 1.29 is 4.52 Å². The first-order chi connectivity index (χ1) is 8.06. The summed E-state index contributed by atoms with van der Waals surface area (Å²) in [6.07, 6.45) is 0. The summed E-state index contributed by atoms with van der Waals surface area (Å²) in [5.74, 6) is 1.25. The van der Waals surface area contributed by atoms with Gasteiger partial charge >= 0.3 is 0 Å². The Kier molecular flexibility index (Phi) is 3.47. The van der Waals surface area contributed by atoms with E-state index in [4.69, 9.17) is 4.52 Å². The van der Waals surface area contributed by atoms with Gasteiger partial charge in [-0.15, -0.1) is 0 Å². The minimum absolute atomic E-state index is 0.00299. The van der Waals surface area contributed by atoms with Crippen molar-refractivity contribution >= 4 is 21.6 Å². The van der Waals surface area contributed by atoms with Gasteiger partial charge in [0.25, 0.3) is 0 Å². The molecule has 2 aromatic rings. The third kappa shape index (κ3) is 2.85. The van der Waals surface area contributed by atoms with E-state index in [1.54, 1.807) is 0 Å². The van der Waals surface area contributed by atoms with E-state index in [2.05, 4.69) is 44.4 Å². The van der Waals surface area contributed by atoms with Crippen LogP contribution in [0.4, 0.5) is 5.69 Å². The van der Waals surface area contributed by atoms with E-state index < -0.39 is 0 Å². The van der Waals surface area contributed by atoms with Crippen LogP contribution in [-0.2, 0) is 0 Å². The van der Waals surface area contributed by atoms with Gasteiger partial charge in [0.05, 0.1) is 0 Å². The van der Waals surface area contributed by atoms with Crippen LogP contribution < -0.4 is 5.32 Å². The Balaban J connectivity index is 2.12. The standard InChI is InChI=1S/C12H14BrN3O/c1-7-6-10(4-5-11(7)13)14-8(2)12-15-9(3)16-17-12/h4-6,8,14H,1-3H3. The summed E-state index contributed by atoms with van der Waals surface area (Å²) < 4.78 is 6.22. The number of hydrogen-bond acceptors (Lipinski definition) is 4. The van der Waals surface area contributed by atoms with Crippen molar-refractivity contribution in [3.63, 3.8) is 0 Å². The lowest BCUT2D eigenvalue weighted by atomic mass is 10.2. The molecule has 0 aliphatic rings. The second kappa shape index (κ2) is 4.87. The molecular formula is C12H14BrN3O. The van der Waals surface area contributed by atoms with E-state index in [-0.39, 0.29) is 6.04 Å². The average Bonchev–Trinajstić information content (AvgIpc) is 2.70. The largest absolute Gasteiger partial charge is 0.374 e. The van der Waals surface area contributed by atoms with Gasteiger partial charge in [0.15, 0.2) is 5.82 Å². The van der Waals surface area contributed by atoms with Crippen LogP contribution in [0.3, 0.4) is 0 Å². The van der Waals surface area contributed by atoms with E-state index in [9.17, 15) is 0 Å². The van der Waals surface area contributed by atoms with Crippen molar-refractivity contribution in [3.8, 4) is 0 Å². The third-order valence-corrected chi connectivity index (χ3v) is 3.34. The molecular weight excluding hydrogens is 282 g/mol. The quantitative estimate of drug-likeness (QED) is 0.939. The number of halogens is 1. The molecule has 1 aromatic carbocycles. The topological polar surface area (TPSA) is 51.0 Å². The summed E-state index contributed by atoms with van der Waals surface area (Å²) in [5.41, 5.74) is 2.22. The maximum atomic E-state index is 5.12. The lowest BCUT2D eigenvalue weighted by molar-refractivity contribution is 0.364. The fraction of sp³-hybridized carbons (Fsp3) is 0.333. The molecule has 0 radical (unpaired) electrons. The minimum atomic E-state index is -0.00299. The van der Waals surface area contributed by atoms with Crippen molar-refractivity contribution in [3.05, 3.63) is 40.0 Å². The Labute approximate surface area is 109 Å². The molecule has 1 heterocycles. The molecule has 1 N–H and O–H groups in total. The Hall–Kier alpha value is -1.36. The first-order valence-corrected chi connectivity index (χ1v) is 6.18. The van der Waals surface area contributed by atoms with Crippen molar-refractivity contribution in [1.82, 2.24) is 10.1 Å². The van der Waals surface area contributed by atoms with Crippen LogP contribution in [-0.4, -0.2) is 10.1 Å². The minimum Gasteiger partial charge on any atom is -0.374 e. The maximum Gasteiger partial charge on any atom is 0.248 e. The molecule has 0 spiro atoms. The van der Waals surface area contributed by atoms with Crippen LogP contribution in [0, 0.1) is 13.8 Å². The molecule has 0 aliphatic heterocycles. The number of aryl methyl sites for hydroxylation is 2. The predicted molar refractivity (Wildman–Crippen MR) is 70.0 cm³/mol. The van der Waals surface area contributed by atoms with Gasteiger partial charge in [-0.05, 0) is 44.5 Å². The molecule has 90 valence electrons. The van der Waals surface area contributed by atoms with Crippen LogP contribution in [0.2, 0.25) is 0 Å². The van der Waals surface area contributed by atoms with Crippen LogP contribution in [0.1, 0.15) is 30.2 Å². The van der Waals surface area contributed by atoms with Gasteiger partial charge in [-0.25, -0.2) is 0 Å². The highest BCUT2D eigenvalue weighted by Crippen LogP contribution is 2.23. The molecule has 1 aromatic heterocycles. The summed E-state index contributed by atoms with van der Waals surface area (Å²) in [5, 5.41) is 7.10. The number of benzene rings is 1. The molecule has 1 unspecified atom stereocenters. The van der Waals surface area contributed by atoms with E-state index in [1.807, 2.05) is 26.0 Å². The van der Waals surface area contributed by atoms with Crippen LogP contribution in [0.5, 0.6) is 0 Å². The highest BCUT2D eigenvalue weighted by atomic mass is 79.9. The van der Waals surface area contributed by atoms with Crippen molar-refractivity contribution in [2.75, 3.05) is 5.32 Å². The SMILES string of the molecule is Cc1noc(C(C)Nc2ccc(Br)c(C)c2)n1. The second-order valence-electron chi connectivity index (χ2n) is 4.01. The smallest absolute Gasteiger partial charge is 0.248 e. The molecule has 4 nitrogen and oxygen atoms in total. The zero-order valence-electron chi connectivity index (χ0n) is 9.99. The summed E-state index contributed by atoms with van der Waals surface area (Å²) in [4.78, 5) is 4.20. The zero-order valence-corrected chi connectivity index (χ0v) is 11.6.